The van der Waals surface area contributed by atoms with Gasteiger partial charge in [-0.15, -0.1) is 0 Å². The quantitative estimate of drug-likeness (QED) is 0.876. The second kappa shape index (κ2) is 3.72. The van der Waals surface area contributed by atoms with Gasteiger partial charge < -0.3 is 10.3 Å². The van der Waals surface area contributed by atoms with E-state index in [1.165, 1.54) is 12.8 Å². The maximum Gasteiger partial charge on any atom is 0.229 e. The summed E-state index contributed by atoms with van der Waals surface area (Å²) < 4.78 is 5.32. The van der Waals surface area contributed by atoms with Crippen LogP contribution in [-0.2, 0) is 5.54 Å². The average Bonchev–Trinajstić information content (AvgIpc) is 2.94. The van der Waals surface area contributed by atoms with E-state index < -0.39 is 5.54 Å². The molecule has 0 radical (unpaired) electrons. The Morgan fingerprint density at radius 1 is 1.35 bits per heavy atom. The fourth-order valence-electron chi connectivity index (χ4n) is 2.54. The zero-order chi connectivity index (χ0) is 12.1. The lowest BCUT2D eigenvalue weighted by atomic mass is 9.80. The molecule has 2 aliphatic rings. The molecular weight excluding hydrogens is 234 g/mol. The molecule has 1 aromatic heterocycles. The van der Waals surface area contributed by atoms with Crippen LogP contribution >= 0.6 is 11.8 Å². The highest BCUT2D eigenvalue weighted by atomic mass is 32.2. The first-order valence-corrected chi connectivity index (χ1v) is 7.35. The molecule has 1 aromatic rings. The van der Waals surface area contributed by atoms with Crippen LogP contribution in [0.15, 0.2) is 4.52 Å². The van der Waals surface area contributed by atoms with Crippen LogP contribution in [0.5, 0.6) is 0 Å². The minimum absolute atomic E-state index is 0.248. The topological polar surface area (TPSA) is 64.9 Å². The molecule has 1 saturated carbocycles. The van der Waals surface area contributed by atoms with Crippen molar-refractivity contribution >= 4 is 11.8 Å². The number of aromatic nitrogens is 2. The molecular formula is C12H19N3OS. The van der Waals surface area contributed by atoms with E-state index in [4.69, 9.17) is 10.3 Å². The van der Waals surface area contributed by atoms with Crippen molar-refractivity contribution in [2.75, 3.05) is 11.5 Å². The molecule has 3 rings (SSSR count). The number of nitrogens with two attached hydrogens (primary N) is 1. The summed E-state index contributed by atoms with van der Waals surface area (Å²) in [5.41, 5.74) is 6.32. The molecule has 0 spiro atoms. The summed E-state index contributed by atoms with van der Waals surface area (Å²) in [4.78, 5) is 4.52. The molecule has 1 aliphatic heterocycles. The normalized spacial score (nSPS) is 32.6. The Morgan fingerprint density at radius 3 is 2.76 bits per heavy atom. The van der Waals surface area contributed by atoms with E-state index in [1.54, 1.807) is 0 Å². The standard InChI is InChI=1S/C12H19N3OS/c1-11(2)5-12(13,7-17-6-11)10-14-9(16-15-10)8-3-4-8/h8H,3-7,13H2,1-2H3. The monoisotopic (exact) mass is 253 g/mol. The second-order valence-corrected chi connectivity index (χ2v) is 7.21. The largest absolute Gasteiger partial charge is 0.339 e. The lowest BCUT2D eigenvalue weighted by molar-refractivity contribution is 0.254. The Kier molecular flexibility index (Phi) is 2.52. The van der Waals surface area contributed by atoms with Gasteiger partial charge in [0.25, 0.3) is 0 Å². The Hall–Kier alpha value is -0.550. The third-order valence-electron chi connectivity index (χ3n) is 3.46. The smallest absolute Gasteiger partial charge is 0.229 e. The Labute approximate surface area is 106 Å². The summed E-state index contributed by atoms with van der Waals surface area (Å²) >= 11 is 1.89. The number of nitrogens with zero attached hydrogens (tertiary/aromatic N) is 2. The van der Waals surface area contributed by atoms with Crippen LogP contribution in [0.3, 0.4) is 0 Å². The van der Waals surface area contributed by atoms with Gasteiger partial charge in [0.1, 0.15) is 0 Å². The van der Waals surface area contributed by atoms with Crippen molar-refractivity contribution in [3.63, 3.8) is 0 Å². The zero-order valence-electron chi connectivity index (χ0n) is 10.4. The van der Waals surface area contributed by atoms with E-state index in [0.29, 0.717) is 11.7 Å². The number of hydrogen-bond acceptors (Lipinski definition) is 5. The van der Waals surface area contributed by atoms with Crippen molar-refractivity contribution in [1.29, 1.82) is 0 Å². The summed E-state index contributed by atoms with van der Waals surface area (Å²) in [6.45, 7) is 4.51. The number of hydrogen-bond donors (Lipinski definition) is 1. The predicted octanol–water partition coefficient (Wildman–Crippen LogP) is 2.26. The predicted molar refractivity (Wildman–Crippen MR) is 67.9 cm³/mol. The van der Waals surface area contributed by atoms with Gasteiger partial charge in [0.2, 0.25) is 5.89 Å². The van der Waals surface area contributed by atoms with Crippen molar-refractivity contribution in [2.45, 2.75) is 44.6 Å². The van der Waals surface area contributed by atoms with Crippen LogP contribution in [0.4, 0.5) is 0 Å². The van der Waals surface area contributed by atoms with E-state index in [9.17, 15) is 0 Å². The minimum Gasteiger partial charge on any atom is -0.339 e. The van der Waals surface area contributed by atoms with Gasteiger partial charge in [-0.25, -0.2) is 0 Å². The SMILES string of the molecule is CC1(C)CSCC(N)(c2noc(C3CC3)n2)C1. The molecule has 1 aliphatic carbocycles. The first kappa shape index (κ1) is 11.5. The Balaban J connectivity index is 1.84. The molecule has 2 heterocycles. The molecule has 2 fully saturated rings. The summed E-state index contributed by atoms with van der Waals surface area (Å²) in [7, 11) is 0. The summed E-state index contributed by atoms with van der Waals surface area (Å²) in [6.07, 6.45) is 3.29. The first-order valence-electron chi connectivity index (χ1n) is 6.19. The number of thioether (sulfide) groups is 1. The van der Waals surface area contributed by atoms with Gasteiger partial charge in [-0.1, -0.05) is 19.0 Å². The lowest BCUT2D eigenvalue weighted by Gasteiger charge is -2.40. The third kappa shape index (κ3) is 2.22. The molecule has 1 saturated heterocycles. The fourth-order valence-corrected chi connectivity index (χ4v) is 3.89. The molecule has 4 nitrogen and oxygen atoms in total. The Morgan fingerprint density at radius 2 is 2.12 bits per heavy atom. The van der Waals surface area contributed by atoms with Gasteiger partial charge in [0.15, 0.2) is 5.82 Å². The van der Waals surface area contributed by atoms with Gasteiger partial charge in [-0.05, 0) is 30.4 Å². The van der Waals surface area contributed by atoms with Gasteiger partial charge in [0.05, 0.1) is 5.54 Å². The molecule has 94 valence electrons. The van der Waals surface area contributed by atoms with Crippen molar-refractivity contribution in [2.24, 2.45) is 11.1 Å². The van der Waals surface area contributed by atoms with Crippen LogP contribution in [0, 0.1) is 5.41 Å². The highest BCUT2D eigenvalue weighted by molar-refractivity contribution is 7.99. The van der Waals surface area contributed by atoms with Gasteiger partial charge in [0, 0.05) is 11.7 Å². The summed E-state index contributed by atoms with van der Waals surface area (Å²) in [5, 5.41) is 4.11. The maximum absolute atomic E-state index is 6.48. The molecule has 0 amide bonds. The molecule has 5 heteroatoms. The van der Waals surface area contributed by atoms with Crippen molar-refractivity contribution in [1.82, 2.24) is 10.1 Å². The molecule has 0 aromatic carbocycles. The Bertz CT molecular complexity index is 427. The van der Waals surface area contributed by atoms with E-state index in [-0.39, 0.29) is 5.41 Å². The fraction of sp³-hybridized carbons (Fsp3) is 0.833. The molecule has 1 unspecified atom stereocenters. The molecule has 0 bridgehead atoms. The van der Waals surface area contributed by atoms with Crippen LogP contribution in [0.1, 0.15) is 50.7 Å². The van der Waals surface area contributed by atoms with E-state index >= 15 is 0 Å². The van der Waals surface area contributed by atoms with Crippen molar-refractivity contribution < 1.29 is 4.52 Å². The van der Waals surface area contributed by atoms with E-state index in [1.807, 2.05) is 11.8 Å². The van der Waals surface area contributed by atoms with E-state index in [0.717, 1.165) is 23.8 Å². The first-order chi connectivity index (χ1) is 7.99. The molecule has 2 N–H and O–H groups in total. The third-order valence-corrected chi connectivity index (χ3v) is 5.16. The molecule has 1 atom stereocenters. The van der Waals surface area contributed by atoms with Crippen molar-refractivity contribution in [3.05, 3.63) is 11.7 Å². The summed E-state index contributed by atoms with van der Waals surface area (Å²) in [6, 6.07) is 0. The van der Waals surface area contributed by atoms with Gasteiger partial charge in [-0.3, -0.25) is 0 Å². The number of rotatable bonds is 2. The highest BCUT2D eigenvalue weighted by Crippen LogP contribution is 2.44. The van der Waals surface area contributed by atoms with Crippen LogP contribution in [0.2, 0.25) is 0 Å². The second-order valence-electron chi connectivity index (χ2n) is 6.22. The summed E-state index contributed by atoms with van der Waals surface area (Å²) in [5.74, 6) is 4.04. The van der Waals surface area contributed by atoms with E-state index in [2.05, 4.69) is 24.0 Å². The van der Waals surface area contributed by atoms with Crippen LogP contribution in [-0.4, -0.2) is 21.6 Å². The average molecular weight is 253 g/mol. The van der Waals surface area contributed by atoms with Gasteiger partial charge >= 0.3 is 0 Å². The maximum atomic E-state index is 6.48. The zero-order valence-corrected chi connectivity index (χ0v) is 11.2. The minimum atomic E-state index is -0.414. The van der Waals surface area contributed by atoms with Crippen molar-refractivity contribution in [3.8, 4) is 0 Å². The molecule has 17 heavy (non-hydrogen) atoms. The lowest BCUT2D eigenvalue weighted by Crippen LogP contribution is -2.48. The van der Waals surface area contributed by atoms with Gasteiger partial charge in [-0.2, -0.15) is 16.7 Å². The van der Waals surface area contributed by atoms with Crippen LogP contribution < -0.4 is 5.73 Å². The highest BCUT2D eigenvalue weighted by Gasteiger charge is 2.43. The van der Waals surface area contributed by atoms with Crippen LogP contribution in [0.25, 0.3) is 0 Å².